The second-order valence-electron chi connectivity index (χ2n) is 16.7. The van der Waals surface area contributed by atoms with Crippen LogP contribution in [0.4, 0.5) is 26.7 Å². The molecule has 4 aliphatic heterocycles. The second-order valence-corrected chi connectivity index (χ2v) is 19.3. The normalized spacial score (nSPS) is 20.7. The molecule has 20 nitrogen and oxygen atoms in total. The Kier molecular flexibility index (Phi) is 14.4. The van der Waals surface area contributed by atoms with Crippen molar-refractivity contribution in [2.24, 2.45) is 0 Å². The third-order valence-electron chi connectivity index (χ3n) is 11.2. The summed E-state index contributed by atoms with van der Waals surface area (Å²) in [5.74, 6) is 0.00946. The van der Waals surface area contributed by atoms with Crippen molar-refractivity contribution in [1.82, 2.24) is 14.8 Å². The lowest BCUT2D eigenvalue weighted by Crippen LogP contribution is -2.51. The van der Waals surface area contributed by atoms with Gasteiger partial charge in [0.2, 0.25) is 0 Å². The second kappa shape index (κ2) is 19.8. The number of methoxy groups -OCH3 is 2. The number of anilines is 2. The lowest BCUT2D eigenvalue weighted by Gasteiger charge is -2.33. The highest BCUT2D eigenvalue weighted by Crippen LogP contribution is 2.44. The first-order valence-electron chi connectivity index (χ1n) is 21.1. The average molecular weight is 941 g/mol. The Hall–Kier alpha value is -5.71. The van der Waals surface area contributed by atoms with Gasteiger partial charge in [-0.15, -0.1) is 0 Å². The van der Waals surface area contributed by atoms with Crippen LogP contribution in [0, 0.1) is 10.1 Å². The van der Waals surface area contributed by atoms with E-state index in [1.807, 2.05) is 0 Å². The Morgan fingerprint density at radius 1 is 0.862 bits per heavy atom. The third kappa shape index (κ3) is 9.94. The first kappa shape index (κ1) is 47.3. The van der Waals surface area contributed by atoms with Crippen molar-refractivity contribution in [3.63, 3.8) is 0 Å². The van der Waals surface area contributed by atoms with Crippen LogP contribution in [0.3, 0.4) is 0 Å². The molecule has 7 rings (SSSR count). The van der Waals surface area contributed by atoms with E-state index in [0.29, 0.717) is 38.8 Å². The van der Waals surface area contributed by atoms with Gasteiger partial charge >= 0.3 is 17.9 Å². The Morgan fingerprint density at radius 3 is 1.88 bits per heavy atom. The summed E-state index contributed by atoms with van der Waals surface area (Å²) in [5, 5.41) is 34.5. The number of aliphatic hydroxyl groups excluding tert-OH is 2. The summed E-state index contributed by atoms with van der Waals surface area (Å²) in [6.45, 7) is 7.63. The molecule has 22 heteroatoms. The highest BCUT2D eigenvalue weighted by Gasteiger charge is 2.47. The molecule has 65 heavy (non-hydrogen) atoms. The van der Waals surface area contributed by atoms with Crippen molar-refractivity contribution in [3.05, 3.63) is 63.8 Å². The summed E-state index contributed by atoms with van der Waals surface area (Å²) in [6.07, 6.45) is -0.644. The number of ether oxygens (including phenoxy) is 6. The number of amides is 4. The van der Waals surface area contributed by atoms with Crippen LogP contribution < -0.4 is 28.7 Å². The lowest BCUT2D eigenvalue weighted by atomic mass is 10.1. The molecule has 2 aromatic carbocycles. The molecule has 350 valence electrons. The molecular weight excluding hydrogens is 889 g/mol. The lowest BCUT2D eigenvalue weighted by molar-refractivity contribution is -0.388. The standard InChI is InChI=1S/C43H52N6O14S2/c1-24(64-65-36-27(49(56)57)11-7-14-44-36)23-62-41(54)47-30-21-34(32(58-5)19-25(30)37(50)45-15-8-12-28(45)39(47)52)60-17-10-18-61-35-22-31-26(20-33(35)59-6)38(51)46-16-9-13-29(46)40(53)48(31)42(55)63-43(2,3)4/h7,11,14,19-22,24,28-29,39-40,52-53H,8-10,12-13,15-18,23H2,1-6H3/t24-,28+,29+,39+,40+/m1/s1. The van der Waals surface area contributed by atoms with Gasteiger partial charge in [-0.05, 0) is 82.4 Å². The van der Waals surface area contributed by atoms with Gasteiger partial charge in [-0.3, -0.25) is 19.7 Å². The van der Waals surface area contributed by atoms with E-state index in [0.717, 1.165) is 20.6 Å². The van der Waals surface area contributed by atoms with Crippen LogP contribution in [0.1, 0.15) is 80.5 Å². The van der Waals surface area contributed by atoms with Gasteiger partial charge in [-0.1, -0.05) is 10.8 Å². The van der Waals surface area contributed by atoms with Crippen LogP contribution in [0.2, 0.25) is 0 Å². The first-order chi connectivity index (χ1) is 31.0. The summed E-state index contributed by atoms with van der Waals surface area (Å²) in [5.41, 5.74) is -0.644. The van der Waals surface area contributed by atoms with Crippen LogP contribution in [-0.4, -0.2) is 136 Å². The maximum atomic E-state index is 14.0. The quantitative estimate of drug-likeness (QED) is 0.0788. The van der Waals surface area contributed by atoms with E-state index >= 15 is 0 Å². The zero-order valence-electron chi connectivity index (χ0n) is 36.8. The number of hydrogen-bond acceptors (Lipinski definition) is 17. The Morgan fingerprint density at radius 2 is 1.38 bits per heavy atom. The zero-order valence-corrected chi connectivity index (χ0v) is 38.4. The summed E-state index contributed by atoms with van der Waals surface area (Å²) in [4.78, 5) is 75.6. The molecule has 1 aromatic heterocycles. The molecule has 2 fully saturated rings. The number of benzene rings is 2. The van der Waals surface area contributed by atoms with E-state index in [2.05, 4.69) is 4.98 Å². The van der Waals surface area contributed by atoms with Crippen molar-refractivity contribution >= 4 is 62.7 Å². The van der Waals surface area contributed by atoms with Crippen molar-refractivity contribution in [2.45, 2.75) is 100 Å². The number of aromatic nitrogens is 1. The fourth-order valence-corrected chi connectivity index (χ4v) is 10.2. The Balaban J connectivity index is 1.07. The number of fused-ring (bicyclic) bond motifs is 4. The zero-order chi connectivity index (χ0) is 46.7. The fourth-order valence-electron chi connectivity index (χ4n) is 8.18. The van der Waals surface area contributed by atoms with Gasteiger partial charge in [-0.2, -0.15) is 0 Å². The number of carbonyl (C=O) groups excluding carboxylic acids is 4. The molecule has 4 amide bonds. The van der Waals surface area contributed by atoms with Gasteiger partial charge in [0.1, 0.15) is 12.2 Å². The summed E-state index contributed by atoms with van der Waals surface area (Å²) in [7, 11) is 5.13. The first-order valence-corrected chi connectivity index (χ1v) is 23.3. The van der Waals surface area contributed by atoms with Gasteiger partial charge in [0, 0.05) is 49.2 Å². The molecule has 0 radical (unpaired) electrons. The molecule has 5 heterocycles. The van der Waals surface area contributed by atoms with Gasteiger partial charge in [0.25, 0.3) is 11.8 Å². The van der Waals surface area contributed by atoms with Crippen LogP contribution in [0.15, 0.2) is 47.6 Å². The average Bonchev–Trinajstić information content (AvgIpc) is 3.95. The third-order valence-corrected chi connectivity index (χ3v) is 13.9. The van der Waals surface area contributed by atoms with Crippen LogP contribution >= 0.6 is 21.6 Å². The number of rotatable bonds is 14. The predicted octanol–water partition coefficient (Wildman–Crippen LogP) is 6.24. The molecular formula is C43H52N6O14S2. The number of nitro groups is 1. The molecule has 0 spiro atoms. The van der Waals surface area contributed by atoms with Gasteiger partial charge in [0.15, 0.2) is 40.5 Å². The molecule has 0 bridgehead atoms. The minimum absolute atomic E-state index is 0.0385. The van der Waals surface area contributed by atoms with Crippen LogP contribution in [0.25, 0.3) is 0 Å². The molecule has 5 atom stereocenters. The van der Waals surface area contributed by atoms with Crippen LogP contribution in [0.5, 0.6) is 23.0 Å². The molecule has 2 saturated heterocycles. The summed E-state index contributed by atoms with van der Waals surface area (Å²) >= 11 is 0. The van der Waals surface area contributed by atoms with Crippen molar-refractivity contribution in [2.75, 3.05) is 56.9 Å². The van der Waals surface area contributed by atoms with Crippen molar-refractivity contribution in [3.8, 4) is 23.0 Å². The maximum absolute atomic E-state index is 14.0. The van der Waals surface area contributed by atoms with Gasteiger partial charge in [-0.25, -0.2) is 24.4 Å². The minimum Gasteiger partial charge on any atom is -0.493 e. The van der Waals surface area contributed by atoms with Gasteiger partial charge < -0.3 is 48.4 Å². The van der Waals surface area contributed by atoms with E-state index in [1.165, 1.54) is 72.5 Å². The number of aliphatic hydroxyl groups is 2. The highest BCUT2D eigenvalue weighted by molar-refractivity contribution is 8.77. The number of carbonyl (C=O) groups is 4. The number of pyridine rings is 1. The van der Waals surface area contributed by atoms with E-state index < -0.39 is 53.2 Å². The molecule has 4 aliphatic rings. The van der Waals surface area contributed by atoms with E-state index in [4.69, 9.17) is 28.4 Å². The van der Waals surface area contributed by atoms with Crippen LogP contribution in [-0.2, 0) is 9.47 Å². The van der Waals surface area contributed by atoms with Crippen molar-refractivity contribution < 1.29 is 62.7 Å². The summed E-state index contributed by atoms with van der Waals surface area (Å²) in [6, 6.07) is 7.35. The van der Waals surface area contributed by atoms with E-state index in [9.17, 15) is 39.5 Å². The van der Waals surface area contributed by atoms with Crippen molar-refractivity contribution in [1.29, 1.82) is 0 Å². The highest BCUT2D eigenvalue weighted by atomic mass is 33.1. The largest absolute Gasteiger partial charge is 0.493 e. The maximum Gasteiger partial charge on any atom is 0.417 e. The van der Waals surface area contributed by atoms with E-state index in [1.54, 1.807) is 32.6 Å². The van der Waals surface area contributed by atoms with E-state index in [-0.39, 0.29) is 93.6 Å². The minimum atomic E-state index is -1.46. The SMILES string of the molecule is COc1cc2c(cc1OCCCOc1cc3c(cc1OC)C(=O)N1CCC[C@H]1[C@H](O)N3C(=O)OC(C)(C)C)N(C(=O)OC[C@@H](C)SSc1ncccc1[N+](=O)[O-])[C@@H](O)[C@@H]1CCCN1C2=O. The topological polar surface area (TPSA) is 233 Å². The molecule has 2 N–H and O–H groups in total. The molecule has 0 saturated carbocycles. The Bertz CT molecular complexity index is 2310. The monoisotopic (exact) mass is 940 g/mol. The van der Waals surface area contributed by atoms with Gasteiger partial charge in [0.05, 0.1) is 66.9 Å². The number of hydrogen-bond donors (Lipinski definition) is 2. The number of nitrogens with zero attached hydrogens (tertiary/aromatic N) is 6. The predicted molar refractivity (Wildman–Crippen MR) is 238 cm³/mol. The molecule has 0 aliphatic carbocycles. The molecule has 3 aromatic rings. The fraction of sp³-hybridized carbons (Fsp3) is 0.512. The molecule has 0 unspecified atom stereocenters. The summed E-state index contributed by atoms with van der Waals surface area (Å²) < 4.78 is 34.9. The smallest absolute Gasteiger partial charge is 0.417 e. The Labute approximate surface area is 382 Å².